The Balaban J connectivity index is 2.06. The fourth-order valence-electron chi connectivity index (χ4n) is 3.07. The van der Waals surface area contributed by atoms with Crippen LogP contribution in [0.1, 0.15) is 28.1 Å². The third kappa shape index (κ3) is 3.37. The molecule has 0 amide bonds. The molecule has 0 aliphatic rings. The van der Waals surface area contributed by atoms with Crippen LogP contribution in [0.4, 0.5) is 5.69 Å². The third-order valence-electron chi connectivity index (χ3n) is 4.43. The lowest BCUT2D eigenvalue weighted by Gasteiger charge is -2.14. The second-order valence-corrected chi connectivity index (χ2v) is 8.25. The van der Waals surface area contributed by atoms with Crippen LogP contribution < -0.4 is 4.72 Å². The van der Waals surface area contributed by atoms with Gasteiger partial charge in [0.25, 0.3) is 10.0 Å². The van der Waals surface area contributed by atoms with Gasteiger partial charge in [-0.15, -0.1) is 0 Å². The highest BCUT2D eigenvalue weighted by molar-refractivity contribution is 7.92. The summed E-state index contributed by atoms with van der Waals surface area (Å²) in [6.45, 7) is 9.30. The maximum Gasteiger partial charge on any atom is 0.262 e. The molecule has 0 spiro atoms. The highest BCUT2D eigenvalue weighted by Gasteiger charge is 2.20. The molecule has 1 N–H and O–H groups in total. The number of nitrogens with zero attached hydrogens (tertiary/aromatic N) is 1. The van der Waals surface area contributed by atoms with Crippen LogP contribution in [-0.2, 0) is 10.0 Å². The first-order valence-corrected chi connectivity index (χ1v) is 9.81. The number of hydrogen-bond donors (Lipinski definition) is 1. The van der Waals surface area contributed by atoms with Gasteiger partial charge in [-0.3, -0.25) is 4.72 Å². The molecule has 136 valence electrons. The zero-order valence-corrected chi connectivity index (χ0v) is 16.4. The molecule has 0 saturated heterocycles. The summed E-state index contributed by atoms with van der Waals surface area (Å²) in [5.41, 5.74) is 5.56. The molecule has 0 radical (unpaired) electrons. The molecule has 1 heterocycles. The van der Waals surface area contributed by atoms with Crippen molar-refractivity contribution < 1.29 is 12.9 Å². The molecular formula is C20H22N2O3S. The zero-order valence-electron chi connectivity index (χ0n) is 15.5. The van der Waals surface area contributed by atoms with E-state index in [0.29, 0.717) is 17.0 Å². The topological polar surface area (TPSA) is 72.2 Å². The summed E-state index contributed by atoms with van der Waals surface area (Å²) < 4.78 is 33.9. The van der Waals surface area contributed by atoms with Crippen LogP contribution in [0.2, 0.25) is 0 Å². The third-order valence-corrected chi connectivity index (χ3v) is 5.93. The molecule has 0 saturated carbocycles. The first kappa shape index (κ1) is 18.2. The van der Waals surface area contributed by atoms with Crippen molar-refractivity contribution in [3.63, 3.8) is 0 Å². The van der Waals surface area contributed by atoms with Gasteiger partial charge >= 0.3 is 0 Å². The van der Waals surface area contributed by atoms with Gasteiger partial charge in [0.15, 0.2) is 0 Å². The lowest BCUT2D eigenvalue weighted by Crippen LogP contribution is -2.15. The molecule has 3 rings (SSSR count). The normalized spacial score (nSPS) is 11.6. The van der Waals surface area contributed by atoms with Crippen molar-refractivity contribution >= 4 is 15.7 Å². The fraction of sp³-hybridized carbons (Fsp3) is 0.250. The lowest BCUT2D eigenvalue weighted by molar-refractivity contribution is 0.393. The Hall–Kier alpha value is -2.60. The Bertz CT molecular complexity index is 1060. The zero-order chi connectivity index (χ0) is 19.1. The molecule has 6 heteroatoms. The number of nitrogens with one attached hydrogen (secondary N) is 1. The van der Waals surface area contributed by atoms with Crippen molar-refractivity contribution in [1.29, 1.82) is 0 Å². The van der Waals surface area contributed by atoms with Gasteiger partial charge < -0.3 is 4.52 Å². The van der Waals surface area contributed by atoms with E-state index in [1.165, 1.54) is 0 Å². The van der Waals surface area contributed by atoms with Crippen LogP contribution in [0.5, 0.6) is 0 Å². The predicted octanol–water partition coefficient (Wildman–Crippen LogP) is 4.68. The first-order valence-electron chi connectivity index (χ1n) is 8.33. The van der Waals surface area contributed by atoms with E-state index in [1.54, 1.807) is 25.1 Å². The maximum absolute atomic E-state index is 13.0. The number of anilines is 1. The number of hydrogen-bond acceptors (Lipinski definition) is 4. The van der Waals surface area contributed by atoms with Crippen molar-refractivity contribution in [1.82, 2.24) is 5.16 Å². The number of aryl methyl sites for hydroxylation is 5. The minimum absolute atomic E-state index is 0.245. The Morgan fingerprint density at radius 3 is 2.27 bits per heavy atom. The summed E-state index contributed by atoms with van der Waals surface area (Å²) in [5.74, 6) is 0.664. The highest BCUT2D eigenvalue weighted by Crippen LogP contribution is 2.31. The van der Waals surface area contributed by atoms with Crippen molar-refractivity contribution in [2.45, 2.75) is 39.5 Å². The van der Waals surface area contributed by atoms with E-state index < -0.39 is 10.0 Å². The molecule has 3 aromatic rings. The smallest absolute Gasteiger partial charge is 0.262 e. The monoisotopic (exact) mass is 370 g/mol. The van der Waals surface area contributed by atoms with Crippen molar-refractivity contribution in [2.75, 3.05) is 4.72 Å². The Morgan fingerprint density at radius 1 is 0.923 bits per heavy atom. The number of benzene rings is 2. The number of aromatic nitrogens is 1. The van der Waals surface area contributed by atoms with Gasteiger partial charge in [-0.1, -0.05) is 35.0 Å². The van der Waals surface area contributed by atoms with Gasteiger partial charge in [0.2, 0.25) is 0 Å². The molecule has 0 aliphatic heterocycles. The van der Waals surface area contributed by atoms with Gasteiger partial charge in [-0.25, -0.2) is 8.42 Å². The summed E-state index contributed by atoms with van der Waals surface area (Å²) >= 11 is 0. The van der Waals surface area contributed by atoms with Crippen LogP contribution in [0.15, 0.2) is 45.8 Å². The van der Waals surface area contributed by atoms with Gasteiger partial charge in [0.05, 0.1) is 16.3 Å². The second-order valence-electron chi connectivity index (χ2n) is 6.60. The summed E-state index contributed by atoms with van der Waals surface area (Å²) in [4.78, 5) is 0.245. The Kier molecular flexibility index (Phi) is 4.63. The molecule has 5 nitrogen and oxygen atoms in total. The van der Waals surface area contributed by atoms with E-state index >= 15 is 0 Å². The maximum atomic E-state index is 13.0. The van der Waals surface area contributed by atoms with Crippen molar-refractivity contribution in [2.24, 2.45) is 0 Å². The van der Waals surface area contributed by atoms with Gasteiger partial charge in [-0.05, 0) is 63.4 Å². The van der Waals surface area contributed by atoms with Crippen LogP contribution in [0.3, 0.4) is 0 Å². The lowest BCUT2D eigenvalue weighted by atomic mass is 10.0. The first-order chi connectivity index (χ1) is 12.2. The standard InChI is InChI=1S/C20H22N2O3S/c1-12-6-9-18(14(3)10-12)22-26(23,24)19-11-17(8-7-13(19)2)20-15(4)21-25-16(20)5/h6-11,22H,1-5H3. The summed E-state index contributed by atoms with van der Waals surface area (Å²) in [6, 6.07) is 11.0. The predicted molar refractivity (Wildman–Crippen MR) is 103 cm³/mol. The van der Waals surface area contributed by atoms with E-state index in [1.807, 2.05) is 45.9 Å². The van der Waals surface area contributed by atoms with Crippen molar-refractivity contribution in [3.8, 4) is 11.1 Å². The van der Waals surface area contributed by atoms with E-state index in [-0.39, 0.29) is 4.90 Å². The van der Waals surface area contributed by atoms with Crippen LogP contribution in [0, 0.1) is 34.6 Å². The second kappa shape index (κ2) is 6.61. The van der Waals surface area contributed by atoms with E-state index in [9.17, 15) is 8.42 Å². The van der Waals surface area contributed by atoms with Gasteiger partial charge in [0.1, 0.15) is 5.76 Å². The number of sulfonamides is 1. The van der Waals surface area contributed by atoms with Crippen LogP contribution in [-0.4, -0.2) is 13.6 Å². The quantitative estimate of drug-likeness (QED) is 0.723. The average molecular weight is 370 g/mol. The van der Waals surface area contributed by atoms with E-state index in [0.717, 1.165) is 27.9 Å². The van der Waals surface area contributed by atoms with E-state index in [4.69, 9.17) is 4.52 Å². The summed E-state index contributed by atoms with van der Waals surface area (Å²) in [5, 5.41) is 3.95. The largest absolute Gasteiger partial charge is 0.361 e. The Morgan fingerprint density at radius 2 is 1.65 bits per heavy atom. The SMILES string of the molecule is Cc1ccc(NS(=O)(=O)c2cc(-c3c(C)noc3C)ccc2C)c(C)c1. The molecule has 26 heavy (non-hydrogen) atoms. The van der Waals surface area contributed by atoms with Crippen molar-refractivity contribution in [3.05, 3.63) is 64.5 Å². The van der Waals surface area contributed by atoms with Gasteiger partial charge in [0, 0.05) is 5.56 Å². The number of rotatable bonds is 4. The van der Waals surface area contributed by atoms with Gasteiger partial charge in [-0.2, -0.15) is 0 Å². The molecule has 0 bridgehead atoms. The molecule has 0 aliphatic carbocycles. The molecule has 0 unspecified atom stereocenters. The molecule has 1 aromatic heterocycles. The fourth-order valence-corrected chi connectivity index (χ4v) is 4.47. The highest BCUT2D eigenvalue weighted by atomic mass is 32.2. The molecule has 0 fully saturated rings. The molecule has 0 atom stereocenters. The summed E-state index contributed by atoms with van der Waals surface area (Å²) in [6.07, 6.45) is 0. The van der Waals surface area contributed by atoms with E-state index in [2.05, 4.69) is 9.88 Å². The molecular weight excluding hydrogens is 348 g/mol. The minimum Gasteiger partial charge on any atom is -0.361 e. The van der Waals surface area contributed by atoms with Crippen LogP contribution >= 0.6 is 0 Å². The average Bonchev–Trinajstić information content (AvgIpc) is 2.89. The Labute approximate surface area is 154 Å². The van der Waals surface area contributed by atoms with Crippen LogP contribution in [0.25, 0.3) is 11.1 Å². The summed E-state index contributed by atoms with van der Waals surface area (Å²) in [7, 11) is -3.72. The molecule has 2 aromatic carbocycles. The minimum atomic E-state index is -3.72.